The second kappa shape index (κ2) is 8.61. The van der Waals surface area contributed by atoms with Gasteiger partial charge < -0.3 is 15.4 Å². The molecule has 118 valence electrons. The maximum Gasteiger partial charge on any atom is 0.226 e. The molecule has 0 bridgehead atoms. The van der Waals surface area contributed by atoms with Gasteiger partial charge in [0.05, 0.1) is 17.5 Å². The van der Waals surface area contributed by atoms with E-state index in [1.165, 1.54) is 0 Å². The second-order valence-corrected chi connectivity index (χ2v) is 6.12. The number of rotatable bonds is 5. The van der Waals surface area contributed by atoms with Gasteiger partial charge in [-0.3, -0.25) is 4.79 Å². The lowest BCUT2D eigenvalue weighted by Gasteiger charge is -2.21. The van der Waals surface area contributed by atoms with Gasteiger partial charge in [-0.1, -0.05) is 12.1 Å². The molecule has 1 aliphatic heterocycles. The normalized spacial score (nSPS) is 21.0. The number of carbonyl (C=O) groups excluding carboxylic acids is 1. The van der Waals surface area contributed by atoms with Gasteiger partial charge in [0, 0.05) is 12.6 Å². The van der Waals surface area contributed by atoms with Gasteiger partial charge in [-0.25, -0.2) is 0 Å². The van der Waals surface area contributed by atoms with Gasteiger partial charge in [0.25, 0.3) is 0 Å². The Hall–Kier alpha value is -0.780. The number of nitrogens with zero attached hydrogens (tertiary/aromatic N) is 1. The van der Waals surface area contributed by atoms with Crippen molar-refractivity contribution in [2.45, 2.75) is 25.8 Å². The highest BCUT2D eigenvalue weighted by Crippen LogP contribution is 2.25. The van der Waals surface area contributed by atoms with Crippen LogP contribution in [0.15, 0.2) is 28.7 Å². The Morgan fingerprint density at radius 2 is 2.19 bits per heavy atom. The summed E-state index contributed by atoms with van der Waals surface area (Å²) < 4.78 is 6.54. The Kier molecular flexibility index (Phi) is 7.49. The zero-order valence-corrected chi connectivity index (χ0v) is 14.5. The Morgan fingerprint density at radius 3 is 2.81 bits per heavy atom. The molecule has 6 heteroatoms. The van der Waals surface area contributed by atoms with Crippen molar-refractivity contribution in [2.24, 2.45) is 11.7 Å². The second-order valence-electron chi connectivity index (χ2n) is 5.26. The zero-order chi connectivity index (χ0) is 14.5. The SMILES string of the molecule is CC1CC(CN)CN1C(=O)CCOc1ccccc1Br.Cl. The van der Waals surface area contributed by atoms with Gasteiger partial charge >= 0.3 is 0 Å². The first-order valence-corrected chi connectivity index (χ1v) is 7.78. The van der Waals surface area contributed by atoms with Gasteiger partial charge in [0.15, 0.2) is 0 Å². The third-order valence-electron chi connectivity index (χ3n) is 3.73. The highest BCUT2D eigenvalue weighted by molar-refractivity contribution is 9.10. The van der Waals surface area contributed by atoms with Crippen LogP contribution >= 0.6 is 28.3 Å². The maximum absolute atomic E-state index is 12.2. The van der Waals surface area contributed by atoms with E-state index in [-0.39, 0.29) is 18.3 Å². The van der Waals surface area contributed by atoms with Crippen LogP contribution in [-0.4, -0.2) is 36.5 Å². The lowest BCUT2D eigenvalue weighted by atomic mass is 10.1. The van der Waals surface area contributed by atoms with Crippen LogP contribution in [0.4, 0.5) is 0 Å². The summed E-state index contributed by atoms with van der Waals surface area (Å²) in [6, 6.07) is 7.94. The van der Waals surface area contributed by atoms with Crippen molar-refractivity contribution >= 4 is 34.2 Å². The van der Waals surface area contributed by atoms with Crippen molar-refractivity contribution in [3.05, 3.63) is 28.7 Å². The van der Waals surface area contributed by atoms with Crippen LogP contribution in [0.1, 0.15) is 19.8 Å². The van der Waals surface area contributed by atoms with Crippen molar-refractivity contribution in [1.82, 2.24) is 4.90 Å². The fourth-order valence-electron chi connectivity index (χ4n) is 2.61. The van der Waals surface area contributed by atoms with Crippen LogP contribution < -0.4 is 10.5 Å². The molecule has 4 nitrogen and oxygen atoms in total. The first kappa shape index (κ1) is 18.3. The van der Waals surface area contributed by atoms with E-state index in [0.717, 1.165) is 23.2 Å². The van der Waals surface area contributed by atoms with Crippen LogP contribution in [0.25, 0.3) is 0 Å². The molecule has 0 spiro atoms. The molecule has 1 aliphatic rings. The van der Waals surface area contributed by atoms with Gasteiger partial charge in [0.2, 0.25) is 5.91 Å². The minimum atomic E-state index is 0. The van der Waals surface area contributed by atoms with Crippen LogP contribution in [-0.2, 0) is 4.79 Å². The predicted octanol–water partition coefficient (Wildman–Crippen LogP) is 2.84. The zero-order valence-electron chi connectivity index (χ0n) is 12.1. The highest BCUT2D eigenvalue weighted by Gasteiger charge is 2.31. The lowest BCUT2D eigenvalue weighted by Crippen LogP contribution is -2.35. The topological polar surface area (TPSA) is 55.6 Å². The minimum Gasteiger partial charge on any atom is -0.492 e. The van der Waals surface area contributed by atoms with Crippen molar-refractivity contribution < 1.29 is 9.53 Å². The molecule has 1 aromatic carbocycles. The fraction of sp³-hybridized carbons (Fsp3) is 0.533. The molecule has 2 atom stereocenters. The Bertz CT molecular complexity index is 473. The molecule has 1 aromatic rings. The van der Waals surface area contributed by atoms with Crippen LogP contribution in [0.5, 0.6) is 5.75 Å². The summed E-state index contributed by atoms with van der Waals surface area (Å²) in [6.07, 6.45) is 1.41. The summed E-state index contributed by atoms with van der Waals surface area (Å²) in [5.41, 5.74) is 5.68. The molecule has 1 saturated heterocycles. The van der Waals surface area contributed by atoms with Crippen LogP contribution in [0.2, 0.25) is 0 Å². The van der Waals surface area contributed by atoms with Gasteiger partial charge in [-0.2, -0.15) is 0 Å². The summed E-state index contributed by atoms with van der Waals surface area (Å²) in [6.45, 7) is 3.92. The number of carbonyl (C=O) groups is 1. The third-order valence-corrected chi connectivity index (χ3v) is 4.38. The molecule has 2 rings (SSSR count). The predicted molar refractivity (Wildman–Crippen MR) is 89.8 cm³/mol. The highest BCUT2D eigenvalue weighted by atomic mass is 79.9. The van der Waals surface area contributed by atoms with Gasteiger partial charge in [0.1, 0.15) is 5.75 Å². The number of likely N-dealkylation sites (tertiary alicyclic amines) is 1. The molecular weight excluding hydrogens is 356 g/mol. The summed E-state index contributed by atoms with van der Waals surface area (Å²) in [5, 5.41) is 0. The van der Waals surface area contributed by atoms with E-state index in [4.69, 9.17) is 10.5 Å². The maximum atomic E-state index is 12.2. The smallest absolute Gasteiger partial charge is 0.226 e. The van der Waals surface area contributed by atoms with Gasteiger partial charge in [-0.05, 0) is 53.9 Å². The standard InChI is InChI=1S/C15H21BrN2O2.ClH/c1-11-8-12(9-17)10-18(11)15(19)6-7-20-14-5-3-2-4-13(14)16;/h2-5,11-12H,6-10,17H2,1H3;1H. The summed E-state index contributed by atoms with van der Waals surface area (Å²) in [5.74, 6) is 1.37. The largest absolute Gasteiger partial charge is 0.492 e. The van der Waals surface area contributed by atoms with Crippen LogP contribution in [0.3, 0.4) is 0 Å². The van der Waals surface area contributed by atoms with Crippen molar-refractivity contribution in [3.63, 3.8) is 0 Å². The first-order valence-electron chi connectivity index (χ1n) is 6.98. The number of amides is 1. The summed E-state index contributed by atoms with van der Waals surface area (Å²) >= 11 is 3.42. The Labute approximate surface area is 140 Å². The van der Waals surface area contributed by atoms with E-state index < -0.39 is 0 Å². The summed E-state index contributed by atoms with van der Waals surface area (Å²) in [4.78, 5) is 14.1. The Morgan fingerprint density at radius 1 is 1.48 bits per heavy atom. The van der Waals surface area contributed by atoms with Gasteiger partial charge in [-0.15, -0.1) is 12.4 Å². The average molecular weight is 378 g/mol. The van der Waals surface area contributed by atoms with Crippen molar-refractivity contribution in [3.8, 4) is 5.75 Å². The minimum absolute atomic E-state index is 0. The van der Waals surface area contributed by atoms with E-state index in [2.05, 4.69) is 22.9 Å². The number of hydrogen-bond donors (Lipinski definition) is 1. The molecule has 1 amide bonds. The molecule has 0 saturated carbocycles. The van der Waals surface area contributed by atoms with E-state index in [1.54, 1.807) is 0 Å². The van der Waals surface area contributed by atoms with Crippen molar-refractivity contribution in [1.29, 1.82) is 0 Å². The van der Waals surface area contributed by atoms with E-state index in [0.29, 0.717) is 31.5 Å². The Balaban J connectivity index is 0.00000220. The molecular formula is C15H22BrClN2O2. The molecule has 21 heavy (non-hydrogen) atoms. The fourth-order valence-corrected chi connectivity index (χ4v) is 3.01. The molecule has 1 fully saturated rings. The van der Waals surface area contributed by atoms with Crippen LogP contribution in [0, 0.1) is 5.92 Å². The number of hydrogen-bond acceptors (Lipinski definition) is 3. The van der Waals surface area contributed by atoms with E-state index in [1.807, 2.05) is 29.2 Å². The quantitative estimate of drug-likeness (QED) is 0.858. The molecule has 0 aromatic heterocycles. The monoisotopic (exact) mass is 376 g/mol. The third kappa shape index (κ3) is 4.87. The van der Waals surface area contributed by atoms with E-state index >= 15 is 0 Å². The molecule has 0 aliphatic carbocycles. The molecule has 2 unspecified atom stereocenters. The van der Waals surface area contributed by atoms with Crippen molar-refractivity contribution in [2.75, 3.05) is 19.7 Å². The number of para-hydroxylation sites is 1. The van der Waals surface area contributed by atoms with E-state index in [9.17, 15) is 4.79 Å². The number of benzene rings is 1. The summed E-state index contributed by atoms with van der Waals surface area (Å²) in [7, 11) is 0. The number of halogens is 2. The molecule has 1 heterocycles. The average Bonchev–Trinajstić information content (AvgIpc) is 2.82. The first-order chi connectivity index (χ1) is 9.61. The lowest BCUT2D eigenvalue weighted by molar-refractivity contribution is -0.132. The number of ether oxygens (including phenoxy) is 1. The molecule has 2 N–H and O–H groups in total. The molecule has 0 radical (unpaired) electrons. The number of nitrogens with two attached hydrogens (primary N) is 1.